The largest absolute Gasteiger partial charge is 0.497 e. The summed E-state index contributed by atoms with van der Waals surface area (Å²) in [6, 6.07) is 7.35. The summed E-state index contributed by atoms with van der Waals surface area (Å²) >= 11 is 0. The van der Waals surface area contributed by atoms with Crippen LogP contribution in [-0.2, 0) is 13.0 Å². The third-order valence-electron chi connectivity index (χ3n) is 6.51. The van der Waals surface area contributed by atoms with Gasteiger partial charge in [0.25, 0.3) is 0 Å². The Morgan fingerprint density at radius 2 is 1.84 bits per heavy atom. The van der Waals surface area contributed by atoms with Crippen LogP contribution in [0.1, 0.15) is 17.7 Å². The van der Waals surface area contributed by atoms with E-state index in [9.17, 15) is 9.50 Å². The number of benzene rings is 1. The Bertz CT molecular complexity index is 1180. The Hall–Kier alpha value is -1.85. The maximum atomic E-state index is 14.6. The lowest BCUT2D eigenvalue weighted by atomic mass is 10.00. The summed E-state index contributed by atoms with van der Waals surface area (Å²) in [5.41, 5.74) is 2.21. The molecule has 0 unspecified atom stereocenters. The number of halogens is 5. The molecule has 0 amide bonds. The van der Waals surface area contributed by atoms with Gasteiger partial charge in [0.1, 0.15) is 24.8 Å². The van der Waals surface area contributed by atoms with Crippen LogP contribution in [0.2, 0.25) is 0 Å². The van der Waals surface area contributed by atoms with Gasteiger partial charge in [-0.3, -0.25) is 9.97 Å². The fourth-order valence-electron chi connectivity index (χ4n) is 4.61. The number of fused-ring (bicyclic) bond motifs is 2. The molecule has 4 heterocycles. The minimum absolute atomic E-state index is 0. The lowest BCUT2D eigenvalue weighted by Crippen LogP contribution is -2.52. The van der Waals surface area contributed by atoms with E-state index in [1.54, 1.807) is 13.3 Å². The number of pyridine rings is 2. The van der Waals surface area contributed by atoms with E-state index >= 15 is 0 Å². The number of β-amino-alcohol motifs (C(OH)–C–C–N with tert-alkyl or cyclic N) is 1. The number of piperidine rings is 1. The number of aliphatic hydroxyl groups is 1. The predicted molar refractivity (Wildman–Crippen MR) is 154 cm³/mol. The number of methoxy groups -OCH3 is 1. The maximum absolute atomic E-state index is 14.6. The van der Waals surface area contributed by atoms with Crippen molar-refractivity contribution in [3.63, 3.8) is 0 Å². The quantitative estimate of drug-likeness (QED) is 0.413. The zero-order chi connectivity index (χ0) is 23.5. The van der Waals surface area contributed by atoms with Crippen LogP contribution in [0.15, 0.2) is 36.7 Å². The van der Waals surface area contributed by atoms with Crippen molar-refractivity contribution in [3.05, 3.63) is 53.7 Å². The van der Waals surface area contributed by atoms with Gasteiger partial charge in [-0.2, -0.15) is 0 Å². The first-order valence-corrected chi connectivity index (χ1v) is 11.6. The lowest BCUT2D eigenvalue weighted by Gasteiger charge is -2.36. The summed E-state index contributed by atoms with van der Waals surface area (Å²) in [5, 5.41) is 14.9. The van der Waals surface area contributed by atoms with Gasteiger partial charge in [-0.15, -0.1) is 49.6 Å². The van der Waals surface area contributed by atoms with E-state index in [2.05, 4.69) is 20.2 Å². The maximum Gasteiger partial charge on any atom is 0.179 e. The van der Waals surface area contributed by atoms with Gasteiger partial charge in [0, 0.05) is 42.7 Å². The molecule has 0 aliphatic carbocycles. The molecule has 212 valence electrons. The van der Waals surface area contributed by atoms with Crippen LogP contribution < -0.4 is 19.5 Å². The minimum Gasteiger partial charge on any atom is -0.497 e. The van der Waals surface area contributed by atoms with Crippen molar-refractivity contribution in [1.82, 2.24) is 20.2 Å². The number of ether oxygens (including phenoxy) is 3. The summed E-state index contributed by atoms with van der Waals surface area (Å²) < 4.78 is 31.0. The Kier molecular flexibility index (Phi) is 14.1. The molecule has 2 N–H and O–H groups in total. The smallest absolute Gasteiger partial charge is 0.179 e. The molecule has 8 nitrogen and oxygen atoms in total. The normalized spacial score (nSPS) is 18.3. The van der Waals surface area contributed by atoms with Crippen molar-refractivity contribution in [2.45, 2.75) is 31.5 Å². The van der Waals surface area contributed by atoms with Gasteiger partial charge in [0.2, 0.25) is 0 Å². The van der Waals surface area contributed by atoms with Crippen LogP contribution in [-0.4, -0.2) is 72.1 Å². The van der Waals surface area contributed by atoms with Gasteiger partial charge < -0.3 is 29.5 Å². The molecule has 13 heteroatoms. The average molecular weight is 614 g/mol. The highest BCUT2D eigenvalue weighted by molar-refractivity contribution is 5.86. The highest BCUT2D eigenvalue weighted by Gasteiger charge is 2.27. The molecule has 5 rings (SSSR count). The van der Waals surface area contributed by atoms with Crippen molar-refractivity contribution in [2.24, 2.45) is 0 Å². The van der Waals surface area contributed by atoms with Crippen LogP contribution in [0.5, 0.6) is 17.2 Å². The van der Waals surface area contributed by atoms with Crippen LogP contribution in [0.25, 0.3) is 10.9 Å². The highest BCUT2D eigenvalue weighted by Crippen LogP contribution is 2.29. The molecular formula is C25H33Cl4FN4O4. The summed E-state index contributed by atoms with van der Waals surface area (Å²) in [6.07, 6.45) is 3.76. The van der Waals surface area contributed by atoms with Crippen LogP contribution in [0.3, 0.4) is 0 Å². The molecule has 1 fully saturated rings. The molecule has 2 atom stereocenters. The molecule has 0 spiro atoms. The van der Waals surface area contributed by atoms with Crippen molar-refractivity contribution < 1.29 is 23.7 Å². The summed E-state index contributed by atoms with van der Waals surface area (Å²) in [4.78, 5) is 10.8. The molecule has 0 bridgehead atoms. The van der Waals surface area contributed by atoms with Crippen LogP contribution in [0.4, 0.5) is 4.39 Å². The van der Waals surface area contributed by atoms with Crippen LogP contribution >= 0.6 is 49.6 Å². The Labute approximate surface area is 246 Å². The second-order valence-electron chi connectivity index (χ2n) is 8.68. The second-order valence-corrected chi connectivity index (χ2v) is 8.68. The molecule has 2 aromatic heterocycles. The molecule has 0 radical (unpaired) electrons. The van der Waals surface area contributed by atoms with Crippen LogP contribution in [0, 0.1) is 5.82 Å². The number of hydrogen-bond donors (Lipinski definition) is 2. The first kappa shape index (κ1) is 34.2. The van der Waals surface area contributed by atoms with E-state index in [1.165, 1.54) is 6.20 Å². The Balaban J connectivity index is 0.00000180. The van der Waals surface area contributed by atoms with Gasteiger partial charge in [-0.1, -0.05) is 0 Å². The first-order chi connectivity index (χ1) is 16.6. The standard InChI is InChI=1S/C25H29FN4O4.4ClH/c1-32-17-2-3-21-19(11-17)18(20(26)13-29-21)4-6-30-7-5-22(23(31)15-30)28-12-16-10-24-25(14-27-16)34-9-8-33-24;;;;/h2-3,10-11,13-14,22-23,28,31H,4-9,12,15H2,1H3;4*1H/t22-,23+;;;;/m0..../s1. The molecule has 1 aromatic carbocycles. The number of aromatic nitrogens is 2. The van der Waals surface area contributed by atoms with Crippen molar-refractivity contribution >= 4 is 60.5 Å². The van der Waals surface area contributed by atoms with E-state index in [-0.39, 0.29) is 61.5 Å². The fraction of sp³-hybridized carbons (Fsp3) is 0.440. The van der Waals surface area contributed by atoms with Crippen molar-refractivity contribution in [1.29, 1.82) is 0 Å². The second kappa shape index (κ2) is 15.7. The number of hydrogen-bond acceptors (Lipinski definition) is 8. The average Bonchev–Trinajstić information content (AvgIpc) is 2.87. The molecule has 1 saturated heterocycles. The predicted octanol–water partition coefficient (Wildman–Crippen LogP) is 4.00. The summed E-state index contributed by atoms with van der Waals surface area (Å²) in [7, 11) is 1.59. The number of likely N-dealkylation sites (tertiary alicyclic amines) is 1. The monoisotopic (exact) mass is 612 g/mol. The zero-order valence-corrected chi connectivity index (χ0v) is 24.1. The van der Waals surface area contributed by atoms with Gasteiger partial charge in [-0.05, 0) is 37.6 Å². The summed E-state index contributed by atoms with van der Waals surface area (Å²) in [6.45, 7) is 3.61. The number of rotatable bonds is 7. The zero-order valence-electron chi connectivity index (χ0n) is 20.8. The third kappa shape index (κ3) is 7.85. The van der Waals surface area contributed by atoms with Gasteiger partial charge in [-0.25, -0.2) is 4.39 Å². The minimum atomic E-state index is -0.523. The SMILES string of the molecule is COc1ccc2ncc(F)c(CCN3CC[C@H](NCc4cc5c(cn4)OCCO5)[C@H](O)C3)c2c1.Cl.Cl.Cl.Cl. The molecule has 0 saturated carbocycles. The topological polar surface area (TPSA) is 89.0 Å². The molecule has 38 heavy (non-hydrogen) atoms. The molecule has 2 aliphatic rings. The number of aliphatic hydroxyl groups excluding tert-OH is 1. The van der Waals surface area contributed by atoms with E-state index in [1.807, 2.05) is 24.3 Å². The van der Waals surface area contributed by atoms with Crippen molar-refractivity contribution in [3.8, 4) is 17.2 Å². The van der Waals surface area contributed by atoms with E-state index in [0.29, 0.717) is 62.1 Å². The summed E-state index contributed by atoms with van der Waals surface area (Å²) in [5.74, 6) is 1.74. The van der Waals surface area contributed by atoms with E-state index < -0.39 is 6.10 Å². The Morgan fingerprint density at radius 1 is 1.08 bits per heavy atom. The molecule has 2 aliphatic heterocycles. The van der Waals surface area contributed by atoms with E-state index in [4.69, 9.17) is 14.2 Å². The van der Waals surface area contributed by atoms with Gasteiger partial charge in [0.15, 0.2) is 11.5 Å². The lowest BCUT2D eigenvalue weighted by molar-refractivity contribution is 0.0402. The third-order valence-corrected chi connectivity index (χ3v) is 6.51. The highest BCUT2D eigenvalue weighted by atomic mass is 35.5. The molecule has 3 aromatic rings. The van der Waals surface area contributed by atoms with Gasteiger partial charge in [0.05, 0.1) is 36.8 Å². The van der Waals surface area contributed by atoms with Gasteiger partial charge >= 0.3 is 0 Å². The van der Waals surface area contributed by atoms with Crippen molar-refractivity contribution in [2.75, 3.05) is 40.0 Å². The first-order valence-electron chi connectivity index (χ1n) is 11.6. The van der Waals surface area contributed by atoms with E-state index in [0.717, 1.165) is 29.6 Å². The molecular weight excluding hydrogens is 581 g/mol. The number of nitrogens with zero attached hydrogens (tertiary/aromatic N) is 3. The number of nitrogens with one attached hydrogen (secondary N) is 1. The fourth-order valence-corrected chi connectivity index (χ4v) is 4.61. The Morgan fingerprint density at radius 3 is 2.58 bits per heavy atom.